The molecule has 3 N–H and O–H groups in total. The molecule has 1 heterocycles. The summed E-state index contributed by atoms with van der Waals surface area (Å²) in [6, 6.07) is 7.19. The van der Waals surface area contributed by atoms with Crippen LogP contribution in [0.4, 0.5) is 21.6 Å². The molecule has 0 aliphatic rings. The topological polar surface area (TPSA) is 52.2 Å². The van der Waals surface area contributed by atoms with Crippen molar-refractivity contribution in [3.8, 4) is 11.1 Å². The van der Waals surface area contributed by atoms with Gasteiger partial charge in [-0.2, -0.15) is 0 Å². The molecule has 0 saturated heterocycles. The van der Waals surface area contributed by atoms with E-state index in [2.05, 4.69) is 39.7 Å². The molecule has 25 heavy (non-hydrogen) atoms. The minimum Gasteiger partial charge on any atom is -0.385 e. The van der Waals surface area contributed by atoms with Gasteiger partial charge in [-0.3, -0.25) is 0 Å². The smallest absolute Gasteiger partial charge is 0.150 e. The van der Waals surface area contributed by atoms with Crippen LogP contribution in [-0.4, -0.2) is 50.2 Å². The fraction of sp³-hybridized carbons (Fsp3) is 0.421. The highest BCUT2D eigenvalue weighted by Gasteiger charge is 2.13. The van der Waals surface area contributed by atoms with Crippen LogP contribution in [0.15, 0.2) is 30.5 Å². The van der Waals surface area contributed by atoms with Crippen molar-refractivity contribution >= 4 is 17.2 Å². The quantitative estimate of drug-likeness (QED) is 0.681. The molecule has 1 aromatic carbocycles. The monoisotopic (exact) mass is 345 g/mol. The highest BCUT2D eigenvalue weighted by molar-refractivity contribution is 5.86. The van der Waals surface area contributed by atoms with Crippen molar-refractivity contribution in [3.05, 3.63) is 36.3 Å². The predicted octanol–water partition coefficient (Wildman–Crippen LogP) is 3.72. The number of aromatic nitrogens is 1. The van der Waals surface area contributed by atoms with Crippen LogP contribution in [0.3, 0.4) is 0 Å². The maximum atomic E-state index is 14.1. The summed E-state index contributed by atoms with van der Waals surface area (Å²) in [4.78, 5) is 6.48. The molecule has 0 bridgehead atoms. The first kappa shape index (κ1) is 19.0. The van der Waals surface area contributed by atoms with E-state index < -0.39 is 0 Å². The standard InChI is InChI=1S/C19H28FN5/c1-13(2)24-19-18(21-3)17(6-7-23-19)14-10-15(20)12-16(11-14)22-8-9-25(4)5/h6-7,10-13,21-22H,8-9H2,1-5H3,(H,23,24). The van der Waals surface area contributed by atoms with Crippen molar-refractivity contribution < 1.29 is 4.39 Å². The number of likely N-dealkylation sites (N-methyl/N-ethyl adjacent to an activating group) is 1. The molecule has 136 valence electrons. The number of hydrogen-bond acceptors (Lipinski definition) is 5. The lowest BCUT2D eigenvalue weighted by Gasteiger charge is -2.18. The summed E-state index contributed by atoms with van der Waals surface area (Å²) in [7, 11) is 5.87. The highest BCUT2D eigenvalue weighted by Crippen LogP contribution is 2.34. The van der Waals surface area contributed by atoms with Crippen LogP contribution in [-0.2, 0) is 0 Å². The van der Waals surface area contributed by atoms with Crippen LogP contribution in [0, 0.1) is 5.82 Å². The Morgan fingerprint density at radius 1 is 1.20 bits per heavy atom. The van der Waals surface area contributed by atoms with Crippen LogP contribution < -0.4 is 16.0 Å². The second-order valence-electron chi connectivity index (χ2n) is 6.59. The van der Waals surface area contributed by atoms with Crippen molar-refractivity contribution in [1.82, 2.24) is 9.88 Å². The Morgan fingerprint density at radius 3 is 2.60 bits per heavy atom. The normalized spacial score (nSPS) is 11.0. The molecule has 5 nitrogen and oxygen atoms in total. The fourth-order valence-corrected chi connectivity index (χ4v) is 2.61. The zero-order chi connectivity index (χ0) is 18.4. The number of halogens is 1. The lowest BCUT2D eigenvalue weighted by Crippen LogP contribution is -2.20. The molecule has 0 aliphatic carbocycles. The number of anilines is 3. The van der Waals surface area contributed by atoms with E-state index in [1.54, 1.807) is 12.3 Å². The van der Waals surface area contributed by atoms with Gasteiger partial charge in [0.05, 0.1) is 5.69 Å². The lowest BCUT2D eigenvalue weighted by molar-refractivity contribution is 0.425. The first-order chi connectivity index (χ1) is 11.9. The molecule has 0 saturated carbocycles. The van der Waals surface area contributed by atoms with E-state index in [0.29, 0.717) is 0 Å². The Balaban J connectivity index is 2.36. The molecule has 0 atom stereocenters. The minimum absolute atomic E-state index is 0.255. The number of hydrogen-bond donors (Lipinski definition) is 3. The van der Waals surface area contributed by atoms with Crippen molar-refractivity contribution in [2.24, 2.45) is 0 Å². The number of rotatable bonds is 8. The molecule has 0 unspecified atom stereocenters. The van der Waals surface area contributed by atoms with Gasteiger partial charge in [0.25, 0.3) is 0 Å². The number of pyridine rings is 1. The molecule has 0 fully saturated rings. The summed E-state index contributed by atoms with van der Waals surface area (Å²) in [6.07, 6.45) is 1.74. The average molecular weight is 345 g/mol. The Bertz CT molecular complexity index is 700. The molecule has 0 aliphatic heterocycles. The van der Waals surface area contributed by atoms with Crippen LogP contribution >= 0.6 is 0 Å². The van der Waals surface area contributed by atoms with Gasteiger partial charge in [-0.25, -0.2) is 9.37 Å². The van der Waals surface area contributed by atoms with Crippen LogP contribution in [0.25, 0.3) is 11.1 Å². The maximum Gasteiger partial charge on any atom is 0.150 e. The van der Waals surface area contributed by atoms with E-state index in [9.17, 15) is 4.39 Å². The van der Waals surface area contributed by atoms with E-state index in [4.69, 9.17) is 0 Å². The Kier molecular flexibility index (Phi) is 6.58. The Morgan fingerprint density at radius 2 is 1.96 bits per heavy atom. The van der Waals surface area contributed by atoms with E-state index in [1.165, 1.54) is 6.07 Å². The molecule has 0 radical (unpaired) electrons. The largest absolute Gasteiger partial charge is 0.385 e. The summed E-state index contributed by atoms with van der Waals surface area (Å²) < 4.78 is 14.1. The number of nitrogens with zero attached hydrogens (tertiary/aromatic N) is 2. The van der Waals surface area contributed by atoms with Crippen molar-refractivity contribution in [3.63, 3.8) is 0 Å². The van der Waals surface area contributed by atoms with Gasteiger partial charge in [0.2, 0.25) is 0 Å². The van der Waals surface area contributed by atoms with Gasteiger partial charge in [0.15, 0.2) is 0 Å². The second-order valence-corrected chi connectivity index (χ2v) is 6.59. The average Bonchev–Trinajstić information content (AvgIpc) is 2.53. The first-order valence-corrected chi connectivity index (χ1v) is 8.53. The van der Waals surface area contributed by atoms with E-state index >= 15 is 0 Å². The molecule has 0 spiro atoms. The third-order valence-electron chi connectivity index (χ3n) is 3.72. The van der Waals surface area contributed by atoms with Crippen LogP contribution in [0.5, 0.6) is 0 Å². The van der Waals surface area contributed by atoms with Crippen molar-refractivity contribution in [2.45, 2.75) is 19.9 Å². The molecular formula is C19H28FN5. The molecular weight excluding hydrogens is 317 g/mol. The Labute approximate surface area is 149 Å². The van der Waals surface area contributed by atoms with E-state index in [1.807, 2.05) is 33.3 Å². The molecule has 2 rings (SSSR count). The summed E-state index contributed by atoms with van der Waals surface area (Å²) in [5.41, 5.74) is 3.36. The second kappa shape index (κ2) is 8.67. The lowest BCUT2D eigenvalue weighted by atomic mass is 10.0. The van der Waals surface area contributed by atoms with Gasteiger partial charge in [0, 0.05) is 43.6 Å². The van der Waals surface area contributed by atoms with Gasteiger partial charge in [-0.15, -0.1) is 0 Å². The molecule has 1 aromatic heterocycles. The number of benzene rings is 1. The molecule has 2 aromatic rings. The zero-order valence-corrected chi connectivity index (χ0v) is 15.7. The highest BCUT2D eigenvalue weighted by atomic mass is 19.1. The van der Waals surface area contributed by atoms with Crippen molar-refractivity contribution in [2.75, 3.05) is 50.2 Å². The maximum absolute atomic E-state index is 14.1. The predicted molar refractivity (Wildman–Crippen MR) is 105 cm³/mol. The van der Waals surface area contributed by atoms with Gasteiger partial charge < -0.3 is 20.9 Å². The first-order valence-electron chi connectivity index (χ1n) is 8.53. The molecule has 6 heteroatoms. The summed E-state index contributed by atoms with van der Waals surface area (Å²) in [5, 5.41) is 9.79. The Hall–Kier alpha value is -2.34. The van der Waals surface area contributed by atoms with Gasteiger partial charge in [0.1, 0.15) is 11.6 Å². The van der Waals surface area contributed by atoms with Crippen LogP contribution in [0.2, 0.25) is 0 Å². The zero-order valence-electron chi connectivity index (χ0n) is 15.7. The van der Waals surface area contributed by atoms with E-state index in [-0.39, 0.29) is 11.9 Å². The van der Waals surface area contributed by atoms with Crippen LogP contribution in [0.1, 0.15) is 13.8 Å². The fourth-order valence-electron chi connectivity index (χ4n) is 2.61. The third kappa shape index (κ3) is 5.32. The van der Waals surface area contributed by atoms with Crippen molar-refractivity contribution in [1.29, 1.82) is 0 Å². The summed E-state index contributed by atoms with van der Waals surface area (Å²) in [6.45, 7) is 5.75. The van der Waals surface area contributed by atoms with Gasteiger partial charge in [-0.05, 0) is 57.8 Å². The third-order valence-corrected chi connectivity index (χ3v) is 3.72. The summed E-state index contributed by atoms with van der Waals surface area (Å²) in [5.74, 6) is 0.503. The summed E-state index contributed by atoms with van der Waals surface area (Å²) >= 11 is 0. The number of nitrogens with one attached hydrogen (secondary N) is 3. The molecule has 0 amide bonds. The van der Waals surface area contributed by atoms with E-state index in [0.717, 1.165) is 41.4 Å². The van der Waals surface area contributed by atoms with Gasteiger partial charge in [-0.1, -0.05) is 0 Å². The SMILES string of the molecule is CNc1c(-c2cc(F)cc(NCCN(C)C)c2)ccnc1NC(C)C. The minimum atomic E-state index is -0.262. The van der Waals surface area contributed by atoms with Gasteiger partial charge >= 0.3 is 0 Å².